The van der Waals surface area contributed by atoms with E-state index in [1.54, 1.807) is 13.8 Å². The zero-order valence-corrected chi connectivity index (χ0v) is 11.0. The van der Waals surface area contributed by atoms with Crippen molar-refractivity contribution in [3.05, 3.63) is 33.9 Å². The molecule has 108 valence electrons. The maximum atomic E-state index is 11.5. The Kier molecular flexibility index (Phi) is 5.15. The van der Waals surface area contributed by atoms with E-state index in [-0.39, 0.29) is 29.6 Å². The lowest BCUT2D eigenvalue weighted by atomic mass is 10.1. The van der Waals surface area contributed by atoms with E-state index >= 15 is 0 Å². The second-order valence-electron chi connectivity index (χ2n) is 4.20. The third-order valence-electron chi connectivity index (χ3n) is 2.27. The molecule has 8 heteroatoms. The van der Waals surface area contributed by atoms with Crippen LogP contribution in [0.4, 0.5) is 11.4 Å². The molecule has 0 heterocycles. The lowest BCUT2D eigenvalue weighted by Crippen LogP contribution is -2.22. The van der Waals surface area contributed by atoms with E-state index in [2.05, 4.69) is 5.32 Å². The maximum Gasteiger partial charge on any atom is 0.338 e. The standard InChI is InChI=1S/C12H14N2O6/c1-7(2)20-6-11(15)13-10-4-3-8(14(18)19)5-9(10)12(16)17/h3-5,7H,6H2,1-2H3,(H,13,15)(H,16,17). The average Bonchev–Trinajstić information content (AvgIpc) is 2.36. The topological polar surface area (TPSA) is 119 Å². The number of carbonyl (C=O) groups is 2. The summed E-state index contributed by atoms with van der Waals surface area (Å²) >= 11 is 0. The van der Waals surface area contributed by atoms with Gasteiger partial charge in [0, 0.05) is 12.1 Å². The van der Waals surface area contributed by atoms with Crippen molar-refractivity contribution in [3.8, 4) is 0 Å². The second-order valence-corrected chi connectivity index (χ2v) is 4.20. The Morgan fingerprint density at radius 1 is 1.45 bits per heavy atom. The SMILES string of the molecule is CC(C)OCC(=O)Nc1ccc([N+](=O)[O-])cc1C(=O)O. The molecule has 0 atom stereocenters. The summed E-state index contributed by atoms with van der Waals surface area (Å²) in [7, 11) is 0. The molecule has 0 aliphatic carbocycles. The normalized spacial score (nSPS) is 10.3. The number of ether oxygens (including phenoxy) is 1. The van der Waals surface area contributed by atoms with Crippen molar-refractivity contribution in [2.45, 2.75) is 20.0 Å². The van der Waals surface area contributed by atoms with Crippen LogP contribution in [0.25, 0.3) is 0 Å². The molecule has 0 bridgehead atoms. The third-order valence-corrected chi connectivity index (χ3v) is 2.27. The van der Waals surface area contributed by atoms with Crippen molar-refractivity contribution in [1.29, 1.82) is 0 Å². The van der Waals surface area contributed by atoms with Gasteiger partial charge in [-0.15, -0.1) is 0 Å². The molecule has 8 nitrogen and oxygen atoms in total. The number of non-ortho nitro benzene ring substituents is 1. The molecule has 0 aliphatic rings. The van der Waals surface area contributed by atoms with Crippen LogP contribution in [0.3, 0.4) is 0 Å². The molecule has 0 saturated heterocycles. The van der Waals surface area contributed by atoms with Crippen LogP contribution in [0, 0.1) is 10.1 Å². The van der Waals surface area contributed by atoms with Crippen LogP contribution in [-0.4, -0.2) is 34.6 Å². The first kappa shape index (κ1) is 15.6. The van der Waals surface area contributed by atoms with Crippen LogP contribution >= 0.6 is 0 Å². The highest BCUT2D eigenvalue weighted by atomic mass is 16.6. The molecular weight excluding hydrogens is 268 g/mol. The molecule has 0 aliphatic heterocycles. The average molecular weight is 282 g/mol. The quantitative estimate of drug-likeness (QED) is 0.605. The first-order valence-corrected chi connectivity index (χ1v) is 5.74. The Labute approximate surface area is 114 Å². The van der Waals surface area contributed by atoms with E-state index in [1.165, 1.54) is 6.07 Å². The number of aromatic carboxylic acids is 1. The molecular formula is C12H14N2O6. The lowest BCUT2D eigenvalue weighted by molar-refractivity contribution is -0.384. The van der Waals surface area contributed by atoms with E-state index in [0.29, 0.717) is 0 Å². The smallest absolute Gasteiger partial charge is 0.338 e. The van der Waals surface area contributed by atoms with Crippen molar-refractivity contribution < 1.29 is 24.4 Å². The summed E-state index contributed by atoms with van der Waals surface area (Å²) in [6.45, 7) is 3.28. The van der Waals surface area contributed by atoms with Crippen molar-refractivity contribution in [1.82, 2.24) is 0 Å². The minimum atomic E-state index is -1.37. The van der Waals surface area contributed by atoms with Gasteiger partial charge in [-0.05, 0) is 19.9 Å². The molecule has 1 aromatic rings. The summed E-state index contributed by atoms with van der Waals surface area (Å²) in [4.78, 5) is 32.5. The Hall–Kier alpha value is -2.48. The first-order chi connectivity index (χ1) is 9.31. The molecule has 1 amide bonds. The van der Waals surface area contributed by atoms with Gasteiger partial charge in [0.25, 0.3) is 5.69 Å². The third kappa shape index (κ3) is 4.32. The molecule has 0 spiro atoms. The number of benzene rings is 1. The monoisotopic (exact) mass is 282 g/mol. The van der Waals surface area contributed by atoms with Crippen molar-refractivity contribution in [2.24, 2.45) is 0 Å². The predicted octanol–water partition coefficient (Wildman–Crippen LogP) is 1.66. The Morgan fingerprint density at radius 3 is 2.60 bits per heavy atom. The zero-order chi connectivity index (χ0) is 15.3. The number of hydrogen-bond donors (Lipinski definition) is 2. The molecule has 0 unspecified atom stereocenters. The predicted molar refractivity (Wildman–Crippen MR) is 69.8 cm³/mol. The van der Waals surface area contributed by atoms with Crippen LogP contribution in [0.1, 0.15) is 24.2 Å². The minimum Gasteiger partial charge on any atom is -0.478 e. The Bertz CT molecular complexity index is 541. The van der Waals surface area contributed by atoms with Gasteiger partial charge in [0.15, 0.2) is 0 Å². The van der Waals surface area contributed by atoms with Crippen LogP contribution in [0.15, 0.2) is 18.2 Å². The summed E-state index contributed by atoms with van der Waals surface area (Å²) in [5.41, 5.74) is -0.726. The summed E-state index contributed by atoms with van der Waals surface area (Å²) in [6, 6.07) is 3.18. The number of carbonyl (C=O) groups excluding carboxylic acids is 1. The number of nitro benzene ring substituents is 1. The molecule has 1 rings (SSSR count). The molecule has 0 radical (unpaired) electrons. The van der Waals surface area contributed by atoms with Gasteiger partial charge in [-0.3, -0.25) is 14.9 Å². The number of nitro groups is 1. The van der Waals surface area contributed by atoms with Crippen molar-refractivity contribution in [3.63, 3.8) is 0 Å². The van der Waals surface area contributed by atoms with Gasteiger partial charge in [-0.1, -0.05) is 0 Å². The van der Waals surface area contributed by atoms with Crippen LogP contribution in [-0.2, 0) is 9.53 Å². The molecule has 20 heavy (non-hydrogen) atoms. The number of rotatable bonds is 6. The number of carboxylic acids is 1. The number of nitrogens with zero attached hydrogens (tertiary/aromatic N) is 1. The number of amides is 1. The van der Waals surface area contributed by atoms with Crippen LogP contribution < -0.4 is 5.32 Å². The molecule has 0 fully saturated rings. The van der Waals surface area contributed by atoms with Gasteiger partial charge in [0.05, 0.1) is 22.3 Å². The summed E-state index contributed by atoms with van der Waals surface area (Å²) in [5, 5.41) is 21.9. The number of nitrogens with one attached hydrogen (secondary N) is 1. The Balaban J connectivity index is 2.92. The van der Waals surface area contributed by atoms with E-state index in [4.69, 9.17) is 9.84 Å². The van der Waals surface area contributed by atoms with Crippen molar-refractivity contribution in [2.75, 3.05) is 11.9 Å². The number of carboxylic acid groups (broad SMARTS) is 1. The Morgan fingerprint density at radius 2 is 2.10 bits per heavy atom. The molecule has 1 aromatic carbocycles. The van der Waals surface area contributed by atoms with Crippen molar-refractivity contribution >= 4 is 23.3 Å². The van der Waals surface area contributed by atoms with E-state index < -0.39 is 16.8 Å². The lowest BCUT2D eigenvalue weighted by Gasteiger charge is -2.10. The number of anilines is 1. The highest BCUT2D eigenvalue weighted by Gasteiger charge is 2.17. The zero-order valence-electron chi connectivity index (χ0n) is 11.0. The van der Waals surface area contributed by atoms with Gasteiger partial charge in [-0.2, -0.15) is 0 Å². The highest BCUT2D eigenvalue weighted by Crippen LogP contribution is 2.22. The van der Waals surface area contributed by atoms with Crippen LogP contribution in [0.5, 0.6) is 0 Å². The van der Waals surface area contributed by atoms with Gasteiger partial charge >= 0.3 is 5.97 Å². The number of hydrogen-bond acceptors (Lipinski definition) is 5. The largest absolute Gasteiger partial charge is 0.478 e. The van der Waals surface area contributed by atoms with Crippen LogP contribution in [0.2, 0.25) is 0 Å². The van der Waals surface area contributed by atoms with E-state index in [0.717, 1.165) is 12.1 Å². The second kappa shape index (κ2) is 6.62. The van der Waals surface area contributed by atoms with Gasteiger partial charge in [0.1, 0.15) is 6.61 Å². The fourth-order valence-corrected chi connectivity index (χ4v) is 1.36. The highest BCUT2D eigenvalue weighted by molar-refractivity contribution is 6.01. The molecule has 0 saturated carbocycles. The summed E-state index contributed by atoms with van der Waals surface area (Å²) in [6.07, 6.45) is -0.142. The fourth-order valence-electron chi connectivity index (χ4n) is 1.36. The summed E-state index contributed by atoms with van der Waals surface area (Å²) in [5.74, 6) is -1.90. The minimum absolute atomic E-state index is 0.0135. The molecule has 2 N–H and O–H groups in total. The van der Waals surface area contributed by atoms with Gasteiger partial charge in [-0.25, -0.2) is 4.79 Å². The van der Waals surface area contributed by atoms with E-state index in [1.807, 2.05) is 0 Å². The van der Waals surface area contributed by atoms with Gasteiger partial charge in [0.2, 0.25) is 5.91 Å². The van der Waals surface area contributed by atoms with E-state index in [9.17, 15) is 19.7 Å². The van der Waals surface area contributed by atoms with Gasteiger partial charge < -0.3 is 15.2 Å². The maximum absolute atomic E-state index is 11.5. The molecule has 0 aromatic heterocycles. The first-order valence-electron chi connectivity index (χ1n) is 5.74. The summed E-state index contributed by atoms with van der Waals surface area (Å²) < 4.78 is 5.07. The fraction of sp³-hybridized carbons (Fsp3) is 0.333.